The van der Waals surface area contributed by atoms with Crippen molar-refractivity contribution in [2.45, 2.75) is 19.4 Å². The van der Waals surface area contributed by atoms with Gasteiger partial charge in [-0.1, -0.05) is 53.3 Å². The van der Waals surface area contributed by atoms with Gasteiger partial charge in [0.05, 0.1) is 5.92 Å². The van der Waals surface area contributed by atoms with Crippen molar-refractivity contribution in [2.24, 2.45) is 5.92 Å². The quantitative estimate of drug-likeness (QED) is 0.557. The van der Waals surface area contributed by atoms with Crippen molar-refractivity contribution in [3.05, 3.63) is 75.2 Å². The van der Waals surface area contributed by atoms with E-state index in [1.54, 1.807) is 29.2 Å². The first-order valence-corrected chi connectivity index (χ1v) is 11.7. The van der Waals surface area contributed by atoms with Gasteiger partial charge in [-0.15, -0.1) is 10.2 Å². The molecule has 2 N–H and O–H groups in total. The van der Waals surface area contributed by atoms with Gasteiger partial charge in [0.1, 0.15) is 0 Å². The van der Waals surface area contributed by atoms with Crippen molar-refractivity contribution in [1.29, 1.82) is 0 Å². The number of nitrogens with one attached hydrogen (secondary N) is 2. The van der Waals surface area contributed by atoms with Gasteiger partial charge in [0.25, 0.3) is 11.8 Å². The maximum atomic E-state index is 12.9. The lowest BCUT2D eigenvalue weighted by Crippen LogP contribution is -2.45. The summed E-state index contributed by atoms with van der Waals surface area (Å²) in [6.45, 7) is 1.20. The average molecular weight is 484 g/mol. The summed E-state index contributed by atoms with van der Waals surface area (Å²) < 4.78 is 0. The number of aromatic nitrogens is 2. The number of halogens is 1. The molecule has 1 saturated heterocycles. The summed E-state index contributed by atoms with van der Waals surface area (Å²) in [5.41, 5.74) is 1.54. The molecule has 0 saturated carbocycles. The van der Waals surface area contributed by atoms with E-state index in [2.05, 4.69) is 20.8 Å². The van der Waals surface area contributed by atoms with Crippen LogP contribution in [0.25, 0.3) is 0 Å². The number of carbonyl (C=O) groups is 3. The third kappa shape index (κ3) is 5.94. The number of benzene rings is 2. The summed E-state index contributed by atoms with van der Waals surface area (Å²) in [7, 11) is 0. The van der Waals surface area contributed by atoms with Gasteiger partial charge in [-0.25, -0.2) is 0 Å². The molecule has 0 spiro atoms. The molecular formula is C23H22ClN5O3S. The van der Waals surface area contributed by atoms with Gasteiger partial charge in [-0.3, -0.25) is 14.4 Å². The maximum absolute atomic E-state index is 12.9. The molecule has 4 rings (SSSR count). The van der Waals surface area contributed by atoms with Crippen molar-refractivity contribution in [3.8, 4) is 0 Å². The molecule has 33 heavy (non-hydrogen) atoms. The van der Waals surface area contributed by atoms with Crippen molar-refractivity contribution in [2.75, 3.05) is 18.4 Å². The lowest BCUT2D eigenvalue weighted by Gasteiger charge is -2.31. The van der Waals surface area contributed by atoms with Crippen molar-refractivity contribution in [3.63, 3.8) is 0 Å². The number of hydrogen-bond acceptors (Lipinski definition) is 6. The van der Waals surface area contributed by atoms with E-state index in [4.69, 9.17) is 11.6 Å². The van der Waals surface area contributed by atoms with E-state index in [-0.39, 0.29) is 27.7 Å². The molecule has 0 bridgehead atoms. The Morgan fingerprint density at radius 3 is 2.64 bits per heavy atom. The molecule has 10 heteroatoms. The second kappa shape index (κ2) is 10.5. The van der Waals surface area contributed by atoms with E-state index in [9.17, 15) is 14.4 Å². The van der Waals surface area contributed by atoms with Crippen LogP contribution >= 0.6 is 22.9 Å². The maximum Gasteiger partial charge on any atom is 0.286 e. The number of carbonyl (C=O) groups excluding carboxylic acids is 3. The second-order valence-electron chi connectivity index (χ2n) is 7.67. The van der Waals surface area contributed by atoms with Crippen molar-refractivity contribution in [1.82, 2.24) is 20.4 Å². The molecule has 8 nitrogen and oxygen atoms in total. The Labute approximate surface area is 200 Å². The molecule has 3 amide bonds. The molecule has 0 aliphatic carbocycles. The number of nitrogens with zero attached hydrogens (tertiary/aromatic N) is 3. The summed E-state index contributed by atoms with van der Waals surface area (Å²) in [5.74, 6) is -1.16. The van der Waals surface area contributed by atoms with E-state index in [1.165, 1.54) is 0 Å². The summed E-state index contributed by atoms with van der Waals surface area (Å²) in [4.78, 5) is 39.6. The monoisotopic (exact) mass is 483 g/mol. The van der Waals surface area contributed by atoms with Crippen LogP contribution in [0, 0.1) is 5.92 Å². The molecule has 1 fully saturated rings. The number of para-hydroxylation sites is 1. The van der Waals surface area contributed by atoms with Gasteiger partial charge >= 0.3 is 0 Å². The zero-order valence-electron chi connectivity index (χ0n) is 17.7. The number of amides is 3. The highest BCUT2D eigenvalue weighted by Gasteiger charge is 2.30. The SMILES string of the molecule is O=C(Nc1ccccc1)c1nnc(C(=O)N2CCC[C@H](C(=O)NCc3cccc(Cl)c3)C2)s1. The average Bonchev–Trinajstić information content (AvgIpc) is 3.33. The van der Waals surface area contributed by atoms with Gasteiger partial charge in [0.15, 0.2) is 0 Å². The van der Waals surface area contributed by atoms with E-state index in [0.29, 0.717) is 43.2 Å². The number of piperidine rings is 1. The normalized spacial score (nSPS) is 15.7. The highest BCUT2D eigenvalue weighted by molar-refractivity contribution is 7.15. The summed E-state index contributed by atoms with van der Waals surface area (Å²) in [6.07, 6.45) is 1.41. The Balaban J connectivity index is 1.33. The summed E-state index contributed by atoms with van der Waals surface area (Å²) in [6, 6.07) is 16.3. The van der Waals surface area contributed by atoms with Crippen molar-refractivity contribution < 1.29 is 14.4 Å². The fourth-order valence-electron chi connectivity index (χ4n) is 3.60. The first kappa shape index (κ1) is 22.9. The highest BCUT2D eigenvalue weighted by atomic mass is 35.5. The van der Waals surface area contributed by atoms with Crippen LogP contribution in [0.4, 0.5) is 5.69 Å². The molecule has 1 aliphatic heterocycles. The molecule has 2 heterocycles. The lowest BCUT2D eigenvalue weighted by atomic mass is 9.97. The third-order valence-electron chi connectivity index (χ3n) is 5.27. The molecular weight excluding hydrogens is 462 g/mol. The lowest BCUT2D eigenvalue weighted by molar-refractivity contribution is -0.126. The van der Waals surface area contributed by atoms with Crippen LogP contribution in [-0.2, 0) is 11.3 Å². The second-order valence-corrected chi connectivity index (χ2v) is 9.08. The van der Waals surface area contributed by atoms with Gasteiger partial charge in [0, 0.05) is 30.3 Å². The minimum absolute atomic E-state index is 0.104. The number of anilines is 1. The Hall–Kier alpha value is -3.30. The van der Waals surface area contributed by atoms with Crippen LogP contribution in [0.5, 0.6) is 0 Å². The first-order valence-electron chi connectivity index (χ1n) is 10.5. The molecule has 3 aromatic rings. The predicted molar refractivity (Wildman–Crippen MR) is 126 cm³/mol. The molecule has 170 valence electrons. The van der Waals surface area contributed by atoms with E-state index >= 15 is 0 Å². The van der Waals surface area contributed by atoms with Gasteiger partial charge in [0.2, 0.25) is 15.9 Å². The van der Waals surface area contributed by atoms with Crippen LogP contribution in [0.1, 0.15) is 38.0 Å². The van der Waals surface area contributed by atoms with Crippen LogP contribution in [-0.4, -0.2) is 45.9 Å². The minimum Gasteiger partial charge on any atom is -0.352 e. The van der Waals surface area contributed by atoms with E-state index in [1.807, 2.05) is 30.3 Å². The Morgan fingerprint density at radius 1 is 1.06 bits per heavy atom. The highest BCUT2D eigenvalue weighted by Crippen LogP contribution is 2.21. The largest absolute Gasteiger partial charge is 0.352 e. The van der Waals surface area contributed by atoms with Crippen LogP contribution in [0.15, 0.2) is 54.6 Å². The zero-order chi connectivity index (χ0) is 23.2. The van der Waals surface area contributed by atoms with E-state index < -0.39 is 5.91 Å². The smallest absolute Gasteiger partial charge is 0.286 e. The zero-order valence-corrected chi connectivity index (χ0v) is 19.2. The van der Waals surface area contributed by atoms with Crippen molar-refractivity contribution >= 4 is 46.3 Å². The molecule has 0 unspecified atom stereocenters. The summed E-state index contributed by atoms with van der Waals surface area (Å²) in [5, 5.41) is 14.3. The molecule has 2 aromatic carbocycles. The minimum atomic E-state index is -0.422. The fraction of sp³-hybridized carbons (Fsp3) is 0.261. The first-order chi connectivity index (χ1) is 16.0. The van der Waals surface area contributed by atoms with Gasteiger partial charge in [-0.2, -0.15) is 0 Å². The Morgan fingerprint density at radius 2 is 1.85 bits per heavy atom. The molecule has 1 atom stereocenters. The van der Waals surface area contributed by atoms with Gasteiger partial charge in [-0.05, 0) is 42.7 Å². The molecule has 1 aromatic heterocycles. The van der Waals surface area contributed by atoms with Gasteiger partial charge < -0.3 is 15.5 Å². The number of likely N-dealkylation sites (tertiary alicyclic amines) is 1. The van der Waals surface area contributed by atoms with Crippen LogP contribution in [0.3, 0.4) is 0 Å². The number of hydrogen-bond donors (Lipinski definition) is 2. The molecule has 1 aliphatic rings. The predicted octanol–water partition coefficient (Wildman–Crippen LogP) is 3.61. The van der Waals surface area contributed by atoms with E-state index in [0.717, 1.165) is 16.9 Å². The summed E-state index contributed by atoms with van der Waals surface area (Å²) >= 11 is 6.93. The Kier molecular flexibility index (Phi) is 7.31. The van der Waals surface area contributed by atoms with Crippen LogP contribution < -0.4 is 10.6 Å². The molecule has 0 radical (unpaired) electrons. The standard InChI is InChI=1S/C23H22ClN5O3S/c24-17-8-4-6-15(12-17)13-25-19(30)16-7-5-11-29(14-16)23(32)22-28-27-21(33-22)20(31)26-18-9-2-1-3-10-18/h1-4,6,8-10,12,16H,5,7,11,13-14H2,(H,25,30)(H,26,31)/t16-/m0/s1. The third-order valence-corrected chi connectivity index (χ3v) is 6.41. The fourth-order valence-corrected chi connectivity index (χ4v) is 4.52. The topological polar surface area (TPSA) is 104 Å². The Bertz CT molecular complexity index is 1150. The number of rotatable bonds is 6. The van der Waals surface area contributed by atoms with Crippen LogP contribution in [0.2, 0.25) is 5.02 Å².